The standard InChI is InChI=1S/C35H44N4O6/c1-25-12-9-10-15-29(25)38-34(43)36-28-18-16-26(17-19-28)22-32(41)39(20-11-21-44-5)24-31(40)37-30(27-13-7-6-8-14-27)23-33(42)45-35(2,3)4/h6-10,12-19,30H,11,20-24H2,1-5H3,(H,37,40)(H2,36,38,43)/t30-/m0/s1. The molecule has 3 aromatic rings. The van der Waals surface area contributed by atoms with E-state index in [2.05, 4.69) is 16.0 Å². The number of nitrogens with zero attached hydrogens (tertiary/aromatic N) is 1. The molecule has 10 nitrogen and oxygen atoms in total. The van der Waals surface area contributed by atoms with Crippen LogP contribution in [0.2, 0.25) is 0 Å². The third-order valence-corrected chi connectivity index (χ3v) is 6.75. The van der Waals surface area contributed by atoms with Crippen molar-refractivity contribution in [3.05, 3.63) is 95.6 Å². The fourth-order valence-electron chi connectivity index (χ4n) is 4.58. The number of rotatable bonds is 14. The van der Waals surface area contributed by atoms with Crippen molar-refractivity contribution in [3.63, 3.8) is 0 Å². The number of urea groups is 1. The molecule has 0 aliphatic carbocycles. The van der Waals surface area contributed by atoms with Gasteiger partial charge in [0.1, 0.15) is 5.60 Å². The summed E-state index contributed by atoms with van der Waals surface area (Å²) in [6.07, 6.45) is 0.568. The molecule has 0 spiro atoms. The van der Waals surface area contributed by atoms with Crippen LogP contribution in [0.4, 0.5) is 16.2 Å². The number of carbonyl (C=O) groups excluding carboxylic acids is 4. The zero-order chi connectivity index (χ0) is 32.8. The summed E-state index contributed by atoms with van der Waals surface area (Å²) in [7, 11) is 1.58. The predicted octanol–water partition coefficient (Wildman–Crippen LogP) is 5.64. The van der Waals surface area contributed by atoms with Gasteiger partial charge in [-0.2, -0.15) is 0 Å². The van der Waals surface area contributed by atoms with Gasteiger partial charge in [0.2, 0.25) is 11.8 Å². The van der Waals surface area contributed by atoms with E-state index in [1.165, 1.54) is 4.90 Å². The second-order valence-electron chi connectivity index (χ2n) is 11.8. The van der Waals surface area contributed by atoms with Crippen LogP contribution >= 0.6 is 0 Å². The maximum Gasteiger partial charge on any atom is 0.323 e. The molecule has 0 unspecified atom stereocenters. The topological polar surface area (TPSA) is 126 Å². The fraction of sp³-hybridized carbons (Fsp3) is 0.371. The van der Waals surface area contributed by atoms with Crippen molar-refractivity contribution in [1.29, 1.82) is 0 Å². The summed E-state index contributed by atoms with van der Waals surface area (Å²) < 4.78 is 10.6. The molecule has 3 rings (SSSR count). The maximum absolute atomic E-state index is 13.4. The van der Waals surface area contributed by atoms with Crippen molar-refractivity contribution in [2.24, 2.45) is 0 Å². The highest BCUT2D eigenvalue weighted by molar-refractivity contribution is 6.00. The summed E-state index contributed by atoms with van der Waals surface area (Å²) in [5.74, 6) is -1.06. The third kappa shape index (κ3) is 12.4. The van der Waals surface area contributed by atoms with E-state index < -0.39 is 23.5 Å². The van der Waals surface area contributed by atoms with Gasteiger partial charge in [0.05, 0.1) is 25.4 Å². The molecule has 0 heterocycles. The van der Waals surface area contributed by atoms with Crippen LogP contribution in [-0.2, 0) is 30.3 Å². The molecule has 0 aliphatic heterocycles. The number of para-hydroxylation sites is 1. The lowest BCUT2D eigenvalue weighted by molar-refractivity contribution is -0.155. The third-order valence-electron chi connectivity index (χ3n) is 6.75. The first-order valence-electron chi connectivity index (χ1n) is 15.0. The number of aryl methyl sites for hydroxylation is 1. The Hall–Kier alpha value is -4.70. The Labute approximate surface area is 265 Å². The summed E-state index contributed by atoms with van der Waals surface area (Å²) in [6.45, 7) is 7.85. The Morgan fingerprint density at radius 1 is 0.867 bits per heavy atom. The Bertz CT molecular complexity index is 1420. The van der Waals surface area contributed by atoms with Crippen molar-refractivity contribution in [2.75, 3.05) is 37.4 Å². The first-order chi connectivity index (χ1) is 21.4. The minimum Gasteiger partial charge on any atom is -0.460 e. The number of nitrogens with one attached hydrogen (secondary N) is 3. The Morgan fingerprint density at radius 2 is 1.53 bits per heavy atom. The number of methoxy groups -OCH3 is 1. The van der Waals surface area contributed by atoms with Crippen molar-refractivity contribution < 1.29 is 28.7 Å². The molecule has 0 saturated carbocycles. The van der Waals surface area contributed by atoms with Crippen LogP contribution in [-0.4, -0.2) is 61.1 Å². The van der Waals surface area contributed by atoms with Gasteiger partial charge >= 0.3 is 12.0 Å². The monoisotopic (exact) mass is 616 g/mol. The molecule has 4 amide bonds. The van der Waals surface area contributed by atoms with Gasteiger partial charge in [0, 0.05) is 31.6 Å². The molecule has 0 fully saturated rings. The van der Waals surface area contributed by atoms with E-state index >= 15 is 0 Å². The van der Waals surface area contributed by atoms with E-state index in [4.69, 9.17) is 9.47 Å². The fourth-order valence-corrected chi connectivity index (χ4v) is 4.58. The Kier molecular flexibility index (Phi) is 13.1. The minimum atomic E-state index is -0.658. The SMILES string of the molecule is COCCCN(CC(=O)N[C@@H](CC(=O)OC(C)(C)C)c1ccccc1)C(=O)Cc1ccc(NC(=O)Nc2ccccc2C)cc1. The second kappa shape index (κ2) is 17.0. The number of anilines is 2. The highest BCUT2D eigenvalue weighted by Crippen LogP contribution is 2.20. The highest BCUT2D eigenvalue weighted by Gasteiger charge is 2.25. The summed E-state index contributed by atoms with van der Waals surface area (Å²) in [5, 5.41) is 8.54. The summed E-state index contributed by atoms with van der Waals surface area (Å²) in [4.78, 5) is 53.2. The van der Waals surface area contributed by atoms with Gasteiger partial charge in [-0.3, -0.25) is 14.4 Å². The average Bonchev–Trinajstić information content (AvgIpc) is 2.98. The molecule has 1 atom stereocenters. The van der Waals surface area contributed by atoms with Gasteiger partial charge in [0.15, 0.2) is 0 Å². The predicted molar refractivity (Wildman–Crippen MR) is 175 cm³/mol. The van der Waals surface area contributed by atoms with Gasteiger partial charge in [-0.1, -0.05) is 60.7 Å². The maximum atomic E-state index is 13.4. The van der Waals surface area contributed by atoms with E-state index in [1.54, 1.807) is 52.1 Å². The van der Waals surface area contributed by atoms with Gasteiger partial charge in [-0.15, -0.1) is 0 Å². The number of benzene rings is 3. The lowest BCUT2D eigenvalue weighted by Crippen LogP contribution is -2.43. The van der Waals surface area contributed by atoms with E-state index in [-0.39, 0.29) is 31.3 Å². The van der Waals surface area contributed by atoms with Gasteiger partial charge in [-0.25, -0.2) is 4.79 Å². The van der Waals surface area contributed by atoms with Gasteiger partial charge in [0.25, 0.3) is 0 Å². The average molecular weight is 617 g/mol. The van der Waals surface area contributed by atoms with Crippen LogP contribution in [0.15, 0.2) is 78.9 Å². The van der Waals surface area contributed by atoms with Crippen LogP contribution in [0.25, 0.3) is 0 Å². The van der Waals surface area contributed by atoms with E-state index in [1.807, 2.05) is 61.5 Å². The second-order valence-corrected chi connectivity index (χ2v) is 11.8. The first-order valence-corrected chi connectivity index (χ1v) is 15.0. The summed E-state index contributed by atoms with van der Waals surface area (Å²) >= 11 is 0. The molecular weight excluding hydrogens is 572 g/mol. The van der Waals surface area contributed by atoms with E-state index in [0.29, 0.717) is 25.3 Å². The van der Waals surface area contributed by atoms with Crippen LogP contribution in [0.3, 0.4) is 0 Å². The number of amides is 4. The number of ether oxygens (including phenoxy) is 2. The molecule has 0 aromatic heterocycles. The first kappa shape index (κ1) is 34.8. The molecule has 0 saturated heterocycles. The van der Waals surface area contributed by atoms with Crippen LogP contribution < -0.4 is 16.0 Å². The smallest absolute Gasteiger partial charge is 0.323 e. The Morgan fingerprint density at radius 3 is 2.18 bits per heavy atom. The highest BCUT2D eigenvalue weighted by atomic mass is 16.6. The molecule has 10 heteroatoms. The number of carbonyl (C=O) groups is 4. The van der Waals surface area contributed by atoms with Crippen molar-refractivity contribution in [1.82, 2.24) is 10.2 Å². The zero-order valence-electron chi connectivity index (χ0n) is 26.7. The Balaban J connectivity index is 1.63. The normalized spacial score (nSPS) is 11.7. The molecule has 45 heavy (non-hydrogen) atoms. The van der Waals surface area contributed by atoms with Crippen LogP contribution in [0.1, 0.15) is 56.3 Å². The molecular formula is C35H44N4O6. The van der Waals surface area contributed by atoms with Crippen LogP contribution in [0, 0.1) is 6.92 Å². The van der Waals surface area contributed by atoms with Gasteiger partial charge in [-0.05, 0) is 69.0 Å². The molecule has 0 radical (unpaired) electrons. The largest absolute Gasteiger partial charge is 0.460 e. The van der Waals surface area contributed by atoms with E-state index in [0.717, 1.165) is 22.4 Å². The molecule has 3 N–H and O–H groups in total. The lowest BCUT2D eigenvalue weighted by atomic mass is 10.0. The van der Waals surface area contributed by atoms with Crippen molar-refractivity contribution >= 4 is 35.2 Å². The summed E-state index contributed by atoms with van der Waals surface area (Å²) in [6, 6.07) is 22.7. The molecule has 0 bridgehead atoms. The number of hydrogen-bond donors (Lipinski definition) is 3. The molecule has 0 aliphatic rings. The van der Waals surface area contributed by atoms with Crippen molar-refractivity contribution in [3.8, 4) is 0 Å². The zero-order valence-corrected chi connectivity index (χ0v) is 26.7. The minimum absolute atomic E-state index is 0.0476. The van der Waals surface area contributed by atoms with Crippen LogP contribution in [0.5, 0.6) is 0 Å². The summed E-state index contributed by atoms with van der Waals surface area (Å²) in [5.41, 5.74) is 3.07. The molecule has 3 aromatic carbocycles. The van der Waals surface area contributed by atoms with Gasteiger partial charge < -0.3 is 30.3 Å². The number of hydrogen-bond acceptors (Lipinski definition) is 6. The lowest BCUT2D eigenvalue weighted by Gasteiger charge is -2.26. The quantitative estimate of drug-likeness (QED) is 0.159. The van der Waals surface area contributed by atoms with E-state index in [9.17, 15) is 19.2 Å². The number of esters is 1. The molecule has 240 valence electrons. The van der Waals surface area contributed by atoms with Crippen molar-refractivity contribution in [2.45, 2.75) is 58.6 Å².